The summed E-state index contributed by atoms with van der Waals surface area (Å²) in [6.45, 7) is 2.43. The van der Waals surface area contributed by atoms with Gasteiger partial charge in [-0.05, 0) is 6.42 Å². The first kappa shape index (κ1) is 50.0. The van der Waals surface area contributed by atoms with E-state index >= 15 is 35.1 Å². The first-order valence-corrected chi connectivity index (χ1v) is 17.7. The average Bonchev–Trinajstić information content (AvgIpc) is 3.31. The molecule has 0 radical (unpaired) electrons. The van der Waals surface area contributed by atoms with Gasteiger partial charge in [-0.15, -0.1) is 21.9 Å². The molecular formula is C40H17BF20N2O3. The van der Waals surface area contributed by atoms with Crippen molar-refractivity contribution in [1.82, 2.24) is 4.98 Å². The number of rotatable bonds is 10. The van der Waals surface area contributed by atoms with Gasteiger partial charge in [0.05, 0.1) is 12.8 Å². The third-order valence-electron chi connectivity index (χ3n) is 9.54. The van der Waals surface area contributed by atoms with Crippen LogP contribution in [0.3, 0.4) is 0 Å². The summed E-state index contributed by atoms with van der Waals surface area (Å²) in [7, 11) is 0. The molecule has 6 rings (SSSR count). The fourth-order valence-electron chi connectivity index (χ4n) is 6.66. The lowest BCUT2D eigenvalue weighted by Gasteiger charge is -2.44. The summed E-state index contributed by atoms with van der Waals surface area (Å²) in [4.78, 5) is 27.8. The topological polar surface area (TPSA) is 60.1 Å². The molecule has 0 aliphatic rings. The van der Waals surface area contributed by atoms with Crippen LogP contribution < -0.4 is 26.4 Å². The molecule has 0 fully saturated rings. The second-order valence-corrected chi connectivity index (χ2v) is 13.3. The minimum Gasteiger partial charge on any atom is -0.461 e. The summed E-state index contributed by atoms with van der Waals surface area (Å²) in [5.74, 6) is -71.9. The van der Waals surface area contributed by atoms with Crippen LogP contribution in [0.2, 0.25) is 0 Å². The van der Waals surface area contributed by atoms with Gasteiger partial charge < -0.3 is 4.74 Å². The SMILES string of the molecule is CCCOC(=O)c1c[n+](CC(=O)c2ccccc2)ccn1.Fc1c(F)c(F)c([B-](c2c(F)c(F)c(F)c(F)c2F)(c2c(F)c(F)c(F)c(F)c2F)c2c(F)c(F)c(F)c(F)c2F)c(F)c1F. The maximum Gasteiger partial charge on any atom is 0.363 e. The van der Waals surface area contributed by atoms with Crippen LogP contribution in [0, 0.1) is 116 Å². The zero-order chi connectivity index (χ0) is 49.4. The van der Waals surface area contributed by atoms with E-state index in [1.807, 2.05) is 25.1 Å². The van der Waals surface area contributed by atoms with Crippen molar-refractivity contribution in [1.29, 1.82) is 0 Å². The summed E-state index contributed by atoms with van der Waals surface area (Å²) >= 11 is 0. The molecule has 5 nitrogen and oxygen atoms in total. The molecule has 0 spiro atoms. The molecule has 0 aliphatic heterocycles. The molecular weight excluding hydrogens is 947 g/mol. The van der Waals surface area contributed by atoms with Gasteiger partial charge in [0.15, 0.2) is 76.0 Å². The maximum absolute atomic E-state index is 15.4. The van der Waals surface area contributed by atoms with E-state index in [2.05, 4.69) is 4.98 Å². The molecule has 0 atom stereocenters. The van der Waals surface area contributed by atoms with Crippen molar-refractivity contribution in [2.24, 2.45) is 0 Å². The largest absolute Gasteiger partial charge is 0.461 e. The Labute approximate surface area is 354 Å². The lowest BCUT2D eigenvalue weighted by Crippen LogP contribution is -2.81. The van der Waals surface area contributed by atoms with Crippen molar-refractivity contribution >= 4 is 39.7 Å². The Morgan fingerprint density at radius 2 is 0.788 bits per heavy atom. The Morgan fingerprint density at radius 3 is 1.09 bits per heavy atom. The molecule has 5 aromatic carbocycles. The van der Waals surface area contributed by atoms with Crippen LogP contribution in [0.1, 0.15) is 34.2 Å². The molecule has 348 valence electrons. The number of aromatic nitrogens is 2. The monoisotopic (exact) mass is 964 g/mol. The Balaban J connectivity index is 0.000000324. The zero-order valence-corrected chi connectivity index (χ0v) is 32.0. The van der Waals surface area contributed by atoms with Gasteiger partial charge in [-0.2, -0.15) is 4.57 Å². The zero-order valence-electron chi connectivity index (χ0n) is 32.0. The van der Waals surface area contributed by atoms with Gasteiger partial charge in [0.1, 0.15) is 52.7 Å². The maximum atomic E-state index is 15.4. The van der Waals surface area contributed by atoms with E-state index in [-0.39, 0.29) is 18.0 Å². The van der Waals surface area contributed by atoms with Gasteiger partial charge in [-0.1, -0.05) is 37.3 Å². The van der Waals surface area contributed by atoms with E-state index in [0.29, 0.717) is 12.2 Å². The number of hydrogen-bond donors (Lipinski definition) is 0. The molecule has 0 N–H and O–H groups in total. The molecule has 0 saturated heterocycles. The fraction of sp³-hybridized carbons (Fsp3) is 0.100. The van der Waals surface area contributed by atoms with Crippen LogP contribution in [-0.4, -0.2) is 29.5 Å². The van der Waals surface area contributed by atoms with Gasteiger partial charge >= 0.3 is 5.97 Å². The predicted octanol–water partition coefficient (Wildman–Crippen LogP) is 7.66. The van der Waals surface area contributed by atoms with Crippen molar-refractivity contribution in [3.05, 3.63) is 177 Å². The standard InChI is InChI=1S/C24BF20.C16H17N2O3/c26-5-1(6(27)14(35)21(42)13(5)34)25(2-7(28)15(36)22(43)16(37)8(2)29,3-9(30)17(38)23(44)18(39)10(3)31)4-11(32)19(40)24(45)20(41)12(4)33;1-2-10-21-16(20)14-11-18(9-8-17-14)12-15(19)13-6-4-3-5-7-13/h;3-9,11H,2,10,12H2,1H3/q-1;+1. The number of Topliss-reactive ketones (excluding diaryl/α,β-unsaturated/α-hetero) is 1. The Kier molecular flexibility index (Phi) is 14.6. The highest BCUT2D eigenvalue weighted by Crippen LogP contribution is 2.30. The van der Waals surface area contributed by atoms with Gasteiger partial charge in [-0.25, -0.2) is 97.6 Å². The third-order valence-corrected chi connectivity index (χ3v) is 9.54. The number of hydrogen-bond acceptors (Lipinski definition) is 4. The van der Waals surface area contributed by atoms with E-state index in [1.54, 1.807) is 22.9 Å². The molecule has 0 aliphatic carbocycles. The lowest BCUT2D eigenvalue weighted by atomic mass is 9.12. The number of carbonyl (C=O) groups excluding carboxylic acids is 2. The number of carbonyl (C=O) groups is 2. The molecule has 0 bridgehead atoms. The first-order valence-electron chi connectivity index (χ1n) is 17.7. The number of ether oxygens (including phenoxy) is 1. The van der Waals surface area contributed by atoms with Crippen LogP contribution in [-0.2, 0) is 11.3 Å². The second-order valence-electron chi connectivity index (χ2n) is 13.3. The van der Waals surface area contributed by atoms with E-state index in [4.69, 9.17) is 4.74 Å². The summed E-state index contributed by atoms with van der Waals surface area (Å²) in [6, 6.07) is 9.02. The molecule has 0 amide bonds. The second kappa shape index (κ2) is 19.2. The Hall–Kier alpha value is -7.02. The predicted molar refractivity (Wildman–Crippen MR) is 185 cm³/mol. The number of halogens is 20. The highest BCUT2D eigenvalue weighted by atomic mass is 19.2. The van der Waals surface area contributed by atoms with Crippen molar-refractivity contribution < 1.29 is 107 Å². The summed E-state index contributed by atoms with van der Waals surface area (Å²) in [6.07, 6.45) is -1.80. The molecule has 6 aromatic rings. The smallest absolute Gasteiger partial charge is 0.363 e. The fourth-order valence-corrected chi connectivity index (χ4v) is 6.66. The minimum absolute atomic E-state index is 0.0281. The van der Waals surface area contributed by atoms with Crippen molar-refractivity contribution in [2.45, 2.75) is 19.9 Å². The number of benzene rings is 5. The normalized spacial score (nSPS) is 11.4. The summed E-state index contributed by atoms with van der Waals surface area (Å²) in [5.41, 5.74) is -13.5. The minimum atomic E-state index is -7.22. The molecule has 26 heteroatoms. The van der Waals surface area contributed by atoms with Crippen molar-refractivity contribution in [2.75, 3.05) is 6.61 Å². The number of nitrogens with zero attached hydrogens (tertiary/aromatic N) is 2. The lowest BCUT2D eigenvalue weighted by molar-refractivity contribution is -0.683. The van der Waals surface area contributed by atoms with Crippen LogP contribution in [0.15, 0.2) is 48.9 Å². The molecule has 1 aromatic heterocycles. The molecule has 0 unspecified atom stereocenters. The van der Waals surface area contributed by atoms with Gasteiger partial charge in [0.25, 0.3) is 0 Å². The number of ketones is 1. The summed E-state index contributed by atoms with van der Waals surface area (Å²) < 4.78 is 301. The molecule has 1 heterocycles. The van der Waals surface area contributed by atoms with Crippen molar-refractivity contribution in [3.63, 3.8) is 0 Å². The first-order chi connectivity index (χ1) is 30.9. The van der Waals surface area contributed by atoms with Crippen molar-refractivity contribution in [3.8, 4) is 0 Å². The quantitative estimate of drug-likeness (QED) is 0.0269. The third kappa shape index (κ3) is 8.27. The Bertz CT molecular complexity index is 2560. The van der Waals surface area contributed by atoms with E-state index in [9.17, 15) is 62.3 Å². The average molecular weight is 964 g/mol. The van der Waals surface area contributed by atoms with Crippen LogP contribution in [0.4, 0.5) is 87.8 Å². The van der Waals surface area contributed by atoms with Crippen LogP contribution >= 0.6 is 0 Å². The van der Waals surface area contributed by atoms with Gasteiger partial charge in [0.2, 0.25) is 24.2 Å². The highest BCUT2D eigenvalue weighted by Gasteiger charge is 2.52. The van der Waals surface area contributed by atoms with E-state index in [1.165, 1.54) is 12.4 Å². The molecule has 66 heavy (non-hydrogen) atoms. The molecule has 0 saturated carbocycles. The summed E-state index contributed by atoms with van der Waals surface area (Å²) in [5, 5.41) is 0. The van der Waals surface area contributed by atoms with Gasteiger partial charge in [0, 0.05) is 5.56 Å². The van der Waals surface area contributed by atoms with Crippen LogP contribution in [0.5, 0.6) is 0 Å². The van der Waals surface area contributed by atoms with E-state index in [0.717, 1.165) is 6.42 Å². The van der Waals surface area contributed by atoms with Gasteiger partial charge in [-0.3, -0.25) is 4.79 Å². The Morgan fingerprint density at radius 1 is 0.485 bits per heavy atom. The van der Waals surface area contributed by atoms with Crippen LogP contribution in [0.25, 0.3) is 0 Å². The highest BCUT2D eigenvalue weighted by molar-refractivity contribution is 7.20. The van der Waals surface area contributed by atoms with E-state index < -0.39 is 150 Å². The number of esters is 1.